The van der Waals surface area contributed by atoms with Gasteiger partial charge in [-0.15, -0.1) is 0 Å². The maximum atomic E-state index is 12.1. The van der Waals surface area contributed by atoms with E-state index in [1.807, 2.05) is 19.1 Å². The van der Waals surface area contributed by atoms with Crippen molar-refractivity contribution in [2.75, 3.05) is 39.4 Å². The van der Waals surface area contributed by atoms with Crippen molar-refractivity contribution in [3.05, 3.63) is 34.3 Å². The molecule has 0 bridgehead atoms. The highest BCUT2D eigenvalue weighted by Gasteiger charge is 2.20. The van der Waals surface area contributed by atoms with E-state index in [2.05, 4.69) is 36.9 Å². The molecule has 0 radical (unpaired) electrons. The zero-order valence-electron chi connectivity index (χ0n) is 15.4. The summed E-state index contributed by atoms with van der Waals surface area (Å²) in [7, 11) is 0. The molecule has 0 aromatic heterocycles. The third-order valence-electron chi connectivity index (χ3n) is 3.90. The van der Waals surface area contributed by atoms with Crippen LogP contribution in [-0.2, 0) is 4.74 Å². The smallest absolute Gasteiger partial charge is 0.251 e. The number of rotatable bonds is 11. The molecule has 0 atom stereocenters. The monoisotopic (exact) mass is 424 g/mol. The molecule has 7 heteroatoms. The molecule has 1 fully saturated rings. The lowest BCUT2D eigenvalue weighted by molar-refractivity contribution is 0.0954. The molecule has 0 unspecified atom stereocenters. The van der Waals surface area contributed by atoms with Gasteiger partial charge in [0.25, 0.3) is 5.91 Å². The zero-order chi connectivity index (χ0) is 18.6. The minimum atomic E-state index is -0.0807. The minimum Gasteiger partial charge on any atom is -0.381 e. The Kier molecular flexibility index (Phi) is 9.48. The molecule has 144 valence electrons. The van der Waals surface area contributed by atoms with Gasteiger partial charge < -0.3 is 20.7 Å². The molecule has 1 aromatic carbocycles. The second kappa shape index (κ2) is 11.9. The van der Waals surface area contributed by atoms with Crippen LogP contribution in [0.1, 0.15) is 36.5 Å². The molecular weight excluding hydrogens is 396 g/mol. The highest BCUT2D eigenvalue weighted by molar-refractivity contribution is 9.10. The molecule has 0 spiro atoms. The van der Waals surface area contributed by atoms with Crippen molar-refractivity contribution in [2.45, 2.75) is 26.2 Å². The third-order valence-corrected chi connectivity index (χ3v) is 4.39. The van der Waals surface area contributed by atoms with Crippen LogP contribution in [0.15, 0.2) is 33.7 Å². The number of benzene rings is 1. The Morgan fingerprint density at radius 2 is 2.08 bits per heavy atom. The molecule has 0 aliphatic heterocycles. The van der Waals surface area contributed by atoms with Crippen molar-refractivity contribution < 1.29 is 9.53 Å². The molecule has 26 heavy (non-hydrogen) atoms. The van der Waals surface area contributed by atoms with E-state index in [0.29, 0.717) is 18.7 Å². The number of amides is 1. The SMILES string of the molecule is CCNC(=NCCCOCC1CC1)NCCNC(=O)c1cccc(Br)c1. The standard InChI is InChI=1S/C19H29BrN4O2/c1-2-21-19(23-9-4-12-26-14-15-7-8-15)24-11-10-22-18(25)16-5-3-6-17(20)13-16/h3,5-6,13,15H,2,4,7-12,14H2,1H3,(H,22,25)(H2,21,23,24). The van der Waals surface area contributed by atoms with E-state index in [1.54, 1.807) is 12.1 Å². The Bertz CT molecular complexity index is 591. The van der Waals surface area contributed by atoms with Crippen LogP contribution >= 0.6 is 15.9 Å². The molecule has 2 rings (SSSR count). The maximum absolute atomic E-state index is 12.1. The summed E-state index contributed by atoms with van der Waals surface area (Å²) in [6, 6.07) is 7.35. The van der Waals surface area contributed by atoms with Gasteiger partial charge in [-0.1, -0.05) is 22.0 Å². The Balaban J connectivity index is 1.60. The lowest BCUT2D eigenvalue weighted by Crippen LogP contribution is -2.41. The van der Waals surface area contributed by atoms with Crippen LogP contribution < -0.4 is 16.0 Å². The lowest BCUT2D eigenvalue weighted by Gasteiger charge is -2.12. The van der Waals surface area contributed by atoms with Gasteiger partial charge >= 0.3 is 0 Å². The lowest BCUT2D eigenvalue weighted by atomic mass is 10.2. The van der Waals surface area contributed by atoms with E-state index in [4.69, 9.17) is 4.74 Å². The number of guanidine groups is 1. The summed E-state index contributed by atoms with van der Waals surface area (Å²) < 4.78 is 6.51. The van der Waals surface area contributed by atoms with Gasteiger partial charge in [0.05, 0.1) is 0 Å². The predicted octanol–water partition coefficient (Wildman–Crippen LogP) is 2.55. The summed E-state index contributed by atoms with van der Waals surface area (Å²) in [5.74, 6) is 1.50. The molecule has 1 saturated carbocycles. The summed E-state index contributed by atoms with van der Waals surface area (Å²) in [6.07, 6.45) is 3.57. The molecule has 0 saturated heterocycles. The number of carbonyl (C=O) groups excluding carboxylic acids is 1. The van der Waals surface area contributed by atoms with Crippen LogP contribution in [0.4, 0.5) is 0 Å². The molecular formula is C19H29BrN4O2. The van der Waals surface area contributed by atoms with Crippen LogP contribution in [0.2, 0.25) is 0 Å². The predicted molar refractivity (Wildman–Crippen MR) is 109 cm³/mol. The van der Waals surface area contributed by atoms with Crippen LogP contribution in [0, 0.1) is 5.92 Å². The van der Waals surface area contributed by atoms with Gasteiger partial charge in [-0.25, -0.2) is 0 Å². The number of hydrogen-bond acceptors (Lipinski definition) is 3. The summed E-state index contributed by atoms with van der Waals surface area (Å²) >= 11 is 3.37. The minimum absolute atomic E-state index is 0.0807. The highest BCUT2D eigenvalue weighted by atomic mass is 79.9. The first kappa shape index (κ1) is 20.7. The summed E-state index contributed by atoms with van der Waals surface area (Å²) in [5, 5.41) is 9.34. The average molecular weight is 425 g/mol. The first-order valence-corrected chi connectivity index (χ1v) is 10.1. The number of hydrogen-bond donors (Lipinski definition) is 3. The third kappa shape index (κ3) is 8.67. The van der Waals surface area contributed by atoms with Crippen LogP contribution in [-0.4, -0.2) is 51.3 Å². The highest BCUT2D eigenvalue weighted by Crippen LogP contribution is 2.28. The van der Waals surface area contributed by atoms with Crippen molar-refractivity contribution in [3.63, 3.8) is 0 Å². The normalized spacial score (nSPS) is 14.2. The first-order valence-electron chi connectivity index (χ1n) is 9.32. The van der Waals surface area contributed by atoms with E-state index in [1.165, 1.54) is 12.8 Å². The summed E-state index contributed by atoms with van der Waals surface area (Å²) in [6.45, 7) is 6.37. The van der Waals surface area contributed by atoms with Gasteiger partial charge in [0, 0.05) is 49.4 Å². The first-order chi connectivity index (χ1) is 12.7. The second-order valence-electron chi connectivity index (χ2n) is 6.33. The van der Waals surface area contributed by atoms with Gasteiger partial charge in [0.15, 0.2) is 5.96 Å². The van der Waals surface area contributed by atoms with E-state index in [9.17, 15) is 4.79 Å². The van der Waals surface area contributed by atoms with Gasteiger partial charge in [-0.05, 0) is 50.3 Å². The molecule has 1 aromatic rings. The molecule has 0 heterocycles. The molecule has 1 amide bonds. The molecule has 1 aliphatic rings. The number of nitrogens with zero attached hydrogens (tertiary/aromatic N) is 1. The number of ether oxygens (including phenoxy) is 1. The van der Waals surface area contributed by atoms with Crippen molar-refractivity contribution in [1.29, 1.82) is 0 Å². The Morgan fingerprint density at radius 3 is 2.81 bits per heavy atom. The number of aliphatic imine (C=N–C) groups is 1. The fourth-order valence-electron chi connectivity index (χ4n) is 2.32. The van der Waals surface area contributed by atoms with Gasteiger partial charge in [0.2, 0.25) is 0 Å². The number of halogens is 1. The maximum Gasteiger partial charge on any atom is 0.251 e. The largest absolute Gasteiger partial charge is 0.381 e. The average Bonchev–Trinajstić information content (AvgIpc) is 3.45. The van der Waals surface area contributed by atoms with E-state index in [-0.39, 0.29) is 5.91 Å². The Hall–Kier alpha value is -1.60. The summed E-state index contributed by atoms with van der Waals surface area (Å²) in [4.78, 5) is 16.6. The van der Waals surface area contributed by atoms with Crippen molar-refractivity contribution in [1.82, 2.24) is 16.0 Å². The Labute approximate surface area is 164 Å². The van der Waals surface area contributed by atoms with Crippen molar-refractivity contribution in [2.24, 2.45) is 10.9 Å². The number of carbonyl (C=O) groups is 1. The van der Waals surface area contributed by atoms with Gasteiger partial charge in [-0.2, -0.15) is 0 Å². The molecule has 1 aliphatic carbocycles. The summed E-state index contributed by atoms with van der Waals surface area (Å²) in [5.41, 5.74) is 0.645. The van der Waals surface area contributed by atoms with Crippen molar-refractivity contribution in [3.8, 4) is 0 Å². The quantitative estimate of drug-likeness (QED) is 0.290. The molecule has 3 N–H and O–H groups in total. The van der Waals surface area contributed by atoms with Crippen LogP contribution in [0.25, 0.3) is 0 Å². The van der Waals surface area contributed by atoms with Gasteiger partial charge in [0.1, 0.15) is 0 Å². The molecule has 6 nitrogen and oxygen atoms in total. The van der Waals surface area contributed by atoms with E-state index in [0.717, 1.165) is 49.1 Å². The van der Waals surface area contributed by atoms with E-state index >= 15 is 0 Å². The van der Waals surface area contributed by atoms with Crippen molar-refractivity contribution >= 4 is 27.8 Å². The van der Waals surface area contributed by atoms with Crippen LogP contribution in [0.5, 0.6) is 0 Å². The second-order valence-corrected chi connectivity index (χ2v) is 7.24. The topological polar surface area (TPSA) is 74.8 Å². The van der Waals surface area contributed by atoms with Gasteiger partial charge in [-0.3, -0.25) is 9.79 Å². The van der Waals surface area contributed by atoms with Crippen LogP contribution in [0.3, 0.4) is 0 Å². The Morgan fingerprint density at radius 1 is 1.27 bits per heavy atom. The van der Waals surface area contributed by atoms with E-state index < -0.39 is 0 Å². The zero-order valence-corrected chi connectivity index (χ0v) is 17.0. The fourth-order valence-corrected chi connectivity index (χ4v) is 2.72. The fraction of sp³-hybridized carbons (Fsp3) is 0.579. The number of nitrogens with one attached hydrogen (secondary N) is 3.